The van der Waals surface area contributed by atoms with Crippen molar-refractivity contribution in [1.29, 1.82) is 0 Å². The minimum absolute atomic E-state index is 0.138. The molecule has 0 saturated heterocycles. The first-order valence-corrected chi connectivity index (χ1v) is 5.58. The van der Waals surface area contributed by atoms with Crippen LogP contribution in [0.2, 0.25) is 0 Å². The number of urea groups is 1. The fraction of sp³-hybridized carbons (Fsp3) is 0. The molecule has 16 heavy (non-hydrogen) atoms. The number of carbonyl (C=O) groups is 1. The van der Waals surface area contributed by atoms with Gasteiger partial charge in [-0.05, 0) is 12.1 Å². The summed E-state index contributed by atoms with van der Waals surface area (Å²) in [5, 5.41) is 3.35. The smallest absolute Gasteiger partial charge is 0.326 e. The standard InChI is InChI=1S/C8H10N4O3S/c1-10-11-6-4-2-3-5-7(6)16(14,15)12-8(9)13/h2-5,11H,1H2,(H3,9,12,13). The van der Waals surface area contributed by atoms with E-state index in [0.29, 0.717) is 0 Å². The lowest BCUT2D eigenvalue weighted by Crippen LogP contribution is -2.35. The molecule has 0 aromatic heterocycles. The quantitative estimate of drug-likeness (QED) is 0.512. The van der Waals surface area contributed by atoms with Gasteiger partial charge in [0, 0.05) is 6.72 Å². The number of carbonyl (C=O) groups excluding carboxylic acids is 1. The van der Waals surface area contributed by atoms with E-state index in [1.165, 1.54) is 18.2 Å². The molecule has 0 bridgehead atoms. The Labute approximate surface area is 92.4 Å². The van der Waals surface area contributed by atoms with Crippen LogP contribution in [0.4, 0.5) is 10.5 Å². The number of rotatable bonds is 4. The van der Waals surface area contributed by atoms with Crippen LogP contribution in [0.15, 0.2) is 34.3 Å². The van der Waals surface area contributed by atoms with E-state index in [1.54, 1.807) is 10.8 Å². The number of nitrogens with zero attached hydrogens (tertiary/aromatic N) is 1. The van der Waals surface area contributed by atoms with Crippen LogP contribution in [0, 0.1) is 0 Å². The minimum atomic E-state index is -3.99. The topological polar surface area (TPSA) is 114 Å². The highest BCUT2D eigenvalue weighted by atomic mass is 32.2. The molecule has 0 fully saturated rings. The van der Waals surface area contributed by atoms with Gasteiger partial charge in [0.1, 0.15) is 4.90 Å². The molecule has 0 atom stereocenters. The van der Waals surface area contributed by atoms with Crippen molar-refractivity contribution in [2.45, 2.75) is 4.90 Å². The zero-order valence-corrected chi connectivity index (χ0v) is 8.99. The maximum atomic E-state index is 11.6. The van der Waals surface area contributed by atoms with Crippen LogP contribution in [-0.4, -0.2) is 21.2 Å². The van der Waals surface area contributed by atoms with Gasteiger partial charge in [-0.2, -0.15) is 5.10 Å². The van der Waals surface area contributed by atoms with Crippen LogP contribution in [0.25, 0.3) is 0 Å². The molecule has 4 N–H and O–H groups in total. The molecule has 1 aromatic carbocycles. The second-order valence-corrected chi connectivity index (χ2v) is 4.39. The van der Waals surface area contributed by atoms with Crippen LogP contribution >= 0.6 is 0 Å². The average molecular weight is 242 g/mol. The van der Waals surface area contributed by atoms with Crippen molar-refractivity contribution in [3.63, 3.8) is 0 Å². The molecule has 1 aromatic rings. The molecule has 0 aliphatic heterocycles. The molecule has 0 radical (unpaired) electrons. The van der Waals surface area contributed by atoms with Gasteiger partial charge in [0.05, 0.1) is 5.69 Å². The highest BCUT2D eigenvalue weighted by Crippen LogP contribution is 2.20. The van der Waals surface area contributed by atoms with Crippen molar-refractivity contribution in [3.8, 4) is 0 Å². The number of amides is 2. The molecule has 86 valence electrons. The molecule has 8 heteroatoms. The minimum Gasteiger partial charge on any atom is -0.351 e. The molecule has 0 aliphatic carbocycles. The Kier molecular flexibility index (Phi) is 3.46. The Morgan fingerprint density at radius 2 is 2.00 bits per heavy atom. The average Bonchev–Trinajstić information content (AvgIpc) is 2.17. The summed E-state index contributed by atoms with van der Waals surface area (Å²) < 4.78 is 24.9. The normalized spacial score (nSPS) is 10.5. The maximum absolute atomic E-state index is 11.6. The predicted molar refractivity (Wildman–Crippen MR) is 59.5 cm³/mol. The van der Waals surface area contributed by atoms with E-state index in [1.807, 2.05) is 0 Å². The lowest BCUT2D eigenvalue weighted by atomic mass is 10.3. The number of sulfonamides is 1. The number of anilines is 1. The maximum Gasteiger partial charge on any atom is 0.326 e. The first-order valence-electron chi connectivity index (χ1n) is 4.10. The number of benzene rings is 1. The third-order valence-corrected chi connectivity index (χ3v) is 3.02. The number of para-hydroxylation sites is 1. The van der Waals surface area contributed by atoms with E-state index in [2.05, 4.69) is 17.2 Å². The number of hydrazone groups is 1. The van der Waals surface area contributed by atoms with Gasteiger partial charge in [-0.1, -0.05) is 12.1 Å². The van der Waals surface area contributed by atoms with E-state index in [9.17, 15) is 13.2 Å². The van der Waals surface area contributed by atoms with Gasteiger partial charge >= 0.3 is 6.03 Å². The van der Waals surface area contributed by atoms with Crippen LogP contribution in [0.5, 0.6) is 0 Å². The molecule has 2 amide bonds. The molecule has 0 heterocycles. The van der Waals surface area contributed by atoms with Crippen LogP contribution < -0.4 is 15.9 Å². The van der Waals surface area contributed by atoms with Crippen LogP contribution in [-0.2, 0) is 10.0 Å². The zero-order valence-electron chi connectivity index (χ0n) is 8.17. The SMILES string of the molecule is C=NNc1ccccc1S(=O)(=O)NC(N)=O. The van der Waals surface area contributed by atoms with Gasteiger partial charge in [0.15, 0.2) is 0 Å². The third kappa shape index (κ3) is 2.70. The summed E-state index contributed by atoms with van der Waals surface area (Å²) in [5.41, 5.74) is 7.35. The van der Waals surface area contributed by atoms with Gasteiger partial charge in [-0.25, -0.2) is 17.9 Å². The van der Waals surface area contributed by atoms with Crippen molar-refractivity contribution < 1.29 is 13.2 Å². The van der Waals surface area contributed by atoms with Gasteiger partial charge < -0.3 is 5.73 Å². The first-order chi connectivity index (χ1) is 7.47. The van der Waals surface area contributed by atoms with Crippen molar-refractivity contribution in [1.82, 2.24) is 4.72 Å². The summed E-state index contributed by atoms with van der Waals surface area (Å²) >= 11 is 0. The van der Waals surface area contributed by atoms with E-state index < -0.39 is 16.1 Å². The summed E-state index contributed by atoms with van der Waals surface area (Å²) in [6, 6.07) is 4.74. The van der Waals surface area contributed by atoms with Crippen LogP contribution in [0.3, 0.4) is 0 Å². The molecule has 0 spiro atoms. The van der Waals surface area contributed by atoms with Crippen molar-refractivity contribution in [3.05, 3.63) is 24.3 Å². The zero-order chi connectivity index (χ0) is 12.2. The Morgan fingerprint density at radius 1 is 1.38 bits per heavy atom. The lowest BCUT2D eigenvalue weighted by molar-refractivity contribution is 0.253. The van der Waals surface area contributed by atoms with Gasteiger partial charge in [-0.15, -0.1) is 0 Å². The second-order valence-electron chi connectivity index (χ2n) is 2.74. The number of hydrogen-bond acceptors (Lipinski definition) is 5. The Morgan fingerprint density at radius 3 is 2.56 bits per heavy atom. The van der Waals surface area contributed by atoms with Gasteiger partial charge in [0.25, 0.3) is 10.0 Å². The molecule has 7 nitrogen and oxygen atoms in total. The van der Waals surface area contributed by atoms with E-state index >= 15 is 0 Å². The summed E-state index contributed by atoms with van der Waals surface area (Å²) in [6.45, 7) is 3.17. The third-order valence-electron chi connectivity index (χ3n) is 1.61. The van der Waals surface area contributed by atoms with Crippen molar-refractivity contribution in [2.75, 3.05) is 5.43 Å². The Hall–Kier alpha value is -2.09. The monoisotopic (exact) mass is 242 g/mol. The summed E-state index contributed by atoms with van der Waals surface area (Å²) in [6.07, 6.45) is 0. The number of nitrogens with two attached hydrogens (primary N) is 1. The largest absolute Gasteiger partial charge is 0.351 e. The number of primary amides is 1. The number of nitrogens with one attached hydrogen (secondary N) is 2. The fourth-order valence-electron chi connectivity index (χ4n) is 1.07. The first kappa shape index (κ1) is 12.0. The summed E-state index contributed by atoms with van der Waals surface area (Å²) in [5.74, 6) is 0. The van der Waals surface area contributed by atoms with E-state index in [4.69, 9.17) is 5.73 Å². The Bertz CT molecular complexity index is 512. The highest BCUT2D eigenvalue weighted by Gasteiger charge is 2.19. The second kappa shape index (κ2) is 4.62. The molecular formula is C8H10N4O3S. The molecular weight excluding hydrogens is 232 g/mol. The predicted octanol–water partition coefficient (Wildman–Crippen LogP) is 0.0711. The highest BCUT2D eigenvalue weighted by molar-refractivity contribution is 7.90. The lowest BCUT2D eigenvalue weighted by Gasteiger charge is -2.08. The fourth-order valence-corrected chi connectivity index (χ4v) is 2.10. The molecule has 0 unspecified atom stereocenters. The number of hydrogen-bond donors (Lipinski definition) is 3. The van der Waals surface area contributed by atoms with Crippen LogP contribution in [0.1, 0.15) is 0 Å². The Balaban J connectivity index is 3.21. The van der Waals surface area contributed by atoms with Gasteiger partial charge in [-0.3, -0.25) is 5.43 Å². The summed E-state index contributed by atoms with van der Waals surface area (Å²) in [7, 11) is -3.99. The molecule has 0 aliphatic rings. The van der Waals surface area contributed by atoms with Gasteiger partial charge in [0.2, 0.25) is 0 Å². The molecule has 0 saturated carbocycles. The molecule has 1 rings (SSSR count). The van der Waals surface area contributed by atoms with E-state index in [-0.39, 0.29) is 10.6 Å². The van der Waals surface area contributed by atoms with Crippen molar-refractivity contribution in [2.24, 2.45) is 10.8 Å². The summed E-state index contributed by atoms with van der Waals surface area (Å²) in [4.78, 5) is 10.4. The van der Waals surface area contributed by atoms with E-state index in [0.717, 1.165) is 0 Å². The van der Waals surface area contributed by atoms with Crippen molar-refractivity contribution >= 4 is 28.5 Å².